The monoisotopic (exact) mass is 391 g/mol. The van der Waals surface area contributed by atoms with Gasteiger partial charge in [-0.3, -0.25) is 4.90 Å². The lowest BCUT2D eigenvalue weighted by Crippen LogP contribution is -2.34. The van der Waals surface area contributed by atoms with Gasteiger partial charge >= 0.3 is 0 Å². The van der Waals surface area contributed by atoms with Gasteiger partial charge in [-0.2, -0.15) is 0 Å². The molecule has 3 aromatic rings. The maximum atomic E-state index is 10.5. The van der Waals surface area contributed by atoms with E-state index < -0.39 is 6.10 Å². The highest BCUT2D eigenvalue weighted by molar-refractivity contribution is 5.26. The summed E-state index contributed by atoms with van der Waals surface area (Å²) >= 11 is 0. The molecule has 4 heteroatoms. The number of ether oxygens (including phenoxy) is 2. The van der Waals surface area contributed by atoms with Crippen LogP contribution in [0.15, 0.2) is 84.9 Å². The molecule has 0 spiro atoms. The summed E-state index contributed by atoms with van der Waals surface area (Å²) in [5, 5.41) is 10.5. The SMILES string of the molecule is COc1ccc(COC[C@H](O)CN(Cc2ccccc2)Cc2ccccc2)cc1. The molecule has 0 bridgehead atoms. The fourth-order valence-electron chi connectivity index (χ4n) is 3.25. The molecule has 1 N–H and O–H groups in total. The molecule has 0 aliphatic heterocycles. The van der Waals surface area contributed by atoms with E-state index in [4.69, 9.17) is 9.47 Å². The van der Waals surface area contributed by atoms with Crippen molar-refractivity contribution >= 4 is 0 Å². The minimum Gasteiger partial charge on any atom is -0.497 e. The molecule has 1 atom stereocenters. The number of hydrogen-bond acceptors (Lipinski definition) is 4. The summed E-state index contributed by atoms with van der Waals surface area (Å²) in [7, 11) is 1.65. The first kappa shape index (κ1) is 21.1. The van der Waals surface area contributed by atoms with Crippen molar-refractivity contribution in [3.05, 3.63) is 102 Å². The van der Waals surface area contributed by atoms with Crippen LogP contribution >= 0.6 is 0 Å². The second-order valence-electron chi connectivity index (χ2n) is 7.16. The van der Waals surface area contributed by atoms with Gasteiger partial charge in [0, 0.05) is 19.6 Å². The maximum absolute atomic E-state index is 10.5. The first-order valence-electron chi connectivity index (χ1n) is 9.92. The molecule has 0 fully saturated rings. The number of aliphatic hydroxyl groups excluding tert-OH is 1. The number of aliphatic hydroxyl groups is 1. The zero-order valence-corrected chi connectivity index (χ0v) is 16.9. The first-order valence-corrected chi connectivity index (χ1v) is 9.92. The minimum absolute atomic E-state index is 0.298. The van der Waals surface area contributed by atoms with Crippen molar-refractivity contribution in [3.63, 3.8) is 0 Å². The van der Waals surface area contributed by atoms with Gasteiger partial charge in [-0.25, -0.2) is 0 Å². The lowest BCUT2D eigenvalue weighted by atomic mass is 10.1. The van der Waals surface area contributed by atoms with Crippen molar-refractivity contribution in [1.29, 1.82) is 0 Å². The smallest absolute Gasteiger partial charge is 0.118 e. The van der Waals surface area contributed by atoms with Crippen molar-refractivity contribution in [3.8, 4) is 5.75 Å². The molecule has 3 rings (SSSR count). The van der Waals surface area contributed by atoms with Gasteiger partial charge in [-0.1, -0.05) is 72.8 Å². The molecule has 152 valence electrons. The number of benzene rings is 3. The fourth-order valence-corrected chi connectivity index (χ4v) is 3.25. The lowest BCUT2D eigenvalue weighted by Gasteiger charge is -2.25. The van der Waals surface area contributed by atoms with Crippen LogP contribution in [-0.2, 0) is 24.4 Å². The molecule has 0 radical (unpaired) electrons. The third kappa shape index (κ3) is 7.35. The van der Waals surface area contributed by atoms with E-state index >= 15 is 0 Å². The van der Waals surface area contributed by atoms with Gasteiger partial charge in [-0.05, 0) is 28.8 Å². The van der Waals surface area contributed by atoms with Crippen LogP contribution in [0, 0.1) is 0 Å². The Bertz CT molecular complexity index is 780. The minimum atomic E-state index is -0.555. The predicted octanol–water partition coefficient (Wildman–Crippen LogP) is 4.28. The Morgan fingerprint density at radius 3 is 1.83 bits per heavy atom. The predicted molar refractivity (Wildman–Crippen MR) is 116 cm³/mol. The van der Waals surface area contributed by atoms with Crippen LogP contribution in [0.1, 0.15) is 16.7 Å². The maximum Gasteiger partial charge on any atom is 0.118 e. The molecular formula is C25H29NO3. The zero-order chi connectivity index (χ0) is 20.3. The van der Waals surface area contributed by atoms with E-state index in [-0.39, 0.29) is 0 Å². The summed E-state index contributed by atoms with van der Waals surface area (Å²) < 4.78 is 10.9. The zero-order valence-electron chi connectivity index (χ0n) is 16.9. The van der Waals surface area contributed by atoms with E-state index in [1.807, 2.05) is 60.7 Å². The standard InChI is InChI=1S/C25H29NO3/c1-28-25-14-12-23(13-15-25)19-29-20-24(27)18-26(16-21-8-4-2-5-9-21)17-22-10-6-3-7-11-22/h2-15,24,27H,16-20H2,1H3/t24-/m1/s1. The van der Waals surface area contributed by atoms with Crippen LogP contribution in [0.5, 0.6) is 5.75 Å². The topological polar surface area (TPSA) is 41.9 Å². The molecule has 0 aliphatic rings. The van der Waals surface area contributed by atoms with Crippen molar-refractivity contribution in [2.24, 2.45) is 0 Å². The van der Waals surface area contributed by atoms with Crippen LogP contribution in [-0.4, -0.2) is 36.4 Å². The Morgan fingerprint density at radius 2 is 1.31 bits per heavy atom. The summed E-state index contributed by atoms with van der Waals surface area (Å²) in [6.07, 6.45) is -0.555. The summed E-state index contributed by atoms with van der Waals surface area (Å²) in [5.74, 6) is 0.825. The van der Waals surface area contributed by atoms with Crippen molar-refractivity contribution in [1.82, 2.24) is 4.90 Å². The molecular weight excluding hydrogens is 362 g/mol. The van der Waals surface area contributed by atoms with Crippen molar-refractivity contribution < 1.29 is 14.6 Å². The largest absolute Gasteiger partial charge is 0.497 e. The van der Waals surface area contributed by atoms with E-state index in [1.165, 1.54) is 11.1 Å². The average Bonchev–Trinajstić information content (AvgIpc) is 2.75. The number of nitrogens with zero attached hydrogens (tertiary/aromatic N) is 1. The molecule has 0 heterocycles. The first-order chi connectivity index (χ1) is 14.2. The third-order valence-corrected chi connectivity index (χ3v) is 4.70. The quantitative estimate of drug-likeness (QED) is 0.530. The highest BCUT2D eigenvalue weighted by Gasteiger charge is 2.13. The normalized spacial score (nSPS) is 12.1. The molecule has 0 unspecified atom stereocenters. The van der Waals surface area contributed by atoms with E-state index in [0.717, 1.165) is 24.4 Å². The number of methoxy groups -OCH3 is 1. The molecule has 0 aliphatic carbocycles. The second kappa shape index (κ2) is 11.4. The Morgan fingerprint density at radius 1 is 0.759 bits per heavy atom. The van der Waals surface area contributed by atoms with Gasteiger partial charge in [0.25, 0.3) is 0 Å². The van der Waals surface area contributed by atoms with Gasteiger partial charge in [-0.15, -0.1) is 0 Å². The molecule has 0 saturated heterocycles. The highest BCUT2D eigenvalue weighted by atomic mass is 16.5. The summed E-state index contributed by atoms with van der Waals surface area (Å²) in [4.78, 5) is 2.26. The van der Waals surface area contributed by atoms with Gasteiger partial charge in [0.1, 0.15) is 5.75 Å². The Hall–Kier alpha value is -2.66. The second-order valence-corrected chi connectivity index (χ2v) is 7.16. The van der Waals surface area contributed by atoms with E-state index in [2.05, 4.69) is 29.2 Å². The molecule has 0 aromatic heterocycles. The average molecular weight is 392 g/mol. The molecule has 29 heavy (non-hydrogen) atoms. The summed E-state index contributed by atoms with van der Waals surface area (Å²) in [6, 6.07) is 28.5. The van der Waals surface area contributed by atoms with Gasteiger partial charge in [0.15, 0.2) is 0 Å². The molecule has 0 amide bonds. The molecule has 0 saturated carbocycles. The van der Waals surface area contributed by atoms with Crippen molar-refractivity contribution in [2.75, 3.05) is 20.3 Å². The van der Waals surface area contributed by atoms with E-state index in [9.17, 15) is 5.11 Å². The van der Waals surface area contributed by atoms with E-state index in [1.54, 1.807) is 7.11 Å². The van der Waals surface area contributed by atoms with Crippen LogP contribution < -0.4 is 4.74 Å². The third-order valence-electron chi connectivity index (χ3n) is 4.70. The fraction of sp³-hybridized carbons (Fsp3) is 0.280. The Labute approximate surface area is 173 Å². The van der Waals surface area contributed by atoms with Crippen LogP contribution in [0.3, 0.4) is 0 Å². The van der Waals surface area contributed by atoms with Gasteiger partial charge < -0.3 is 14.6 Å². The Kier molecular flexibility index (Phi) is 8.25. The molecule has 3 aromatic carbocycles. The molecule has 4 nitrogen and oxygen atoms in total. The van der Waals surface area contributed by atoms with Crippen LogP contribution in [0.4, 0.5) is 0 Å². The van der Waals surface area contributed by atoms with Crippen LogP contribution in [0.2, 0.25) is 0 Å². The number of rotatable bonds is 11. The summed E-state index contributed by atoms with van der Waals surface area (Å²) in [6.45, 7) is 2.88. The lowest BCUT2D eigenvalue weighted by molar-refractivity contribution is 0.00712. The highest BCUT2D eigenvalue weighted by Crippen LogP contribution is 2.13. The summed E-state index contributed by atoms with van der Waals surface area (Å²) in [5.41, 5.74) is 3.52. The van der Waals surface area contributed by atoms with Gasteiger partial charge in [0.2, 0.25) is 0 Å². The van der Waals surface area contributed by atoms with E-state index in [0.29, 0.717) is 19.8 Å². The van der Waals surface area contributed by atoms with Crippen LogP contribution in [0.25, 0.3) is 0 Å². The Balaban J connectivity index is 1.52. The number of hydrogen-bond donors (Lipinski definition) is 1. The van der Waals surface area contributed by atoms with Gasteiger partial charge in [0.05, 0.1) is 26.4 Å². The van der Waals surface area contributed by atoms with Crippen molar-refractivity contribution in [2.45, 2.75) is 25.8 Å².